The number of hydrogen-bond acceptors (Lipinski definition) is 6. The molecule has 1 amide bonds. The minimum absolute atomic E-state index is 0.0389. The van der Waals surface area contributed by atoms with E-state index in [4.69, 9.17) is 11.6 Å². The maximum absolute atomic E-state index is 13.5. The summed E-state index contributed by atoms with van der Waals surface area (Å²) < 4.78 is 0. The third kappa shape index (κ3) is 3.41. The van der Waals surface area contributed by atoms with Gasteiger partial charge in [0.25, 0.3) is 5.91 Å². The largest absolute Gasteiger partial charge is 0.350 e. The average Bonchev–Trinajstić information content (AvgIpc) is 3.49. The van der Waals surface area contributed by atoms with E-state index in [1.54, 1.807) is 24.7 Å². The first kappa shape index (κ1) is 19.5. The van der Waals surface area contributed by atoms with Gasteiger partial charge in [-0.2, -0.15) is 20.3 Å². The summed E-state index contributed by atoms with van der Waals surface area (Å²) in [7, 11) is 0. The number of amides is 1. The van der Waals surface area contributed by atoms with Gasteiger partial charge in [0.15, 0.2) is 0 Å². The van der Waals surface area contributed by atoms with Gasteiger partial charge in [0.2, 0.25) is 0 Å². The first-order chi connectivity index (χ1) is 15.2. The summed E-state index contributed by atoms with van der Waals surface area (Å²) in [6.07, 6.45) is 6.75. The normalized spacial score (nSPS) is 20.4. The monoisotopic (exact) mass is 433 g/mol. The van der Waals surface area contributed by atoms with Gasteiger partial charge in [-0.05, 0) is 37.0 Å². The summed E-state index contributed by atoms with van der Waals surface area (Å²) in [6.45, 7) is 2.10. The van der Waals surface area contributed by atoms with Crippen molar-refractivity contribution in [1.29, 1.82) is 5.26 Å². The van der Waals surface area contributed by atoms with Crippen molar-refractivity contribution in [2.24, 2.45) is 5.92 Å². The highest BCUT2D eigenvalue weighted by molar-refractivity contribution is 6.34. The summed E-state index contributed by atoms with van der Waals surface area (Å²) in [5, 5.41) is 18.1. The van der Waals surface area contributed by atoms with Crippen LogP contribution in [0.15, 0.2) is 48.9 Å². The molecule has 156 valence electrons. The molecule has 2 aromatic heterocycles. The van der Waals surface area contributed by atoms with Crippen LogP contribution in [0.25, 0.3) is 5.69 Å². The van der Waals surface area contributed by atoms with Crippen molar-refractivity contribution < 1.29 is 4.79 Å². The van der Waals surface area contributed by atoms with Crippen molar-refractivity contribution in [3.05, 3.63) is 65.1 Å². The summed E-state index contributed by atoms with van der Waals surface area (Å²) >= 11 is 6.47. The van der Waals surface area contributed by atoms with Crippen LogP contribution in [0.3, 0.4) is 0 Å². The van der Waals surface area contributed by atoms with E-state index in [-0.39, 0.29) is 11.9 Å². The Morgan fingerprint density at radius 2 is 1.87 bits per heavy atom. The Balaban J connectivity index is 1.42. The third-order valence-corrected chi connectivity index (χ3v) is 6.55. The fraction of sp³-hybridized carbons (Fsp3) is 0.318. The van der Waals surface area contributed by atoms with Crippen LogP contribution < -0.4 is 4.90 Å². The Morgan fingerprint density at radius 3 is 2.68 bits per heavy atom. The fourth-order valence-electron chi connectivity index (χ4n) is 4.65. The molecule has 5 rings (SSSR count). The number of para-hydroxylation sites is 1. The second-order valence-corrected chi connectivity index (χ2v) is 8.17. The van der Waals surface area contributed by atoms with Crippen LogP contribution in [0.2, 0.25) is 5.02 Å². The number of rotatable bonds is 3. The number of benzene rings is 1. The highest BCUT2D eigenvalue weighted by Crippen LogP contribution is 2.38. The van der Waals surface area contributed by atoms with E-state index >= 15 is 0 Å². The Morgan fingerprint density at radius 1 is 1.10 bits per heavy atom. The molecule has 0 saturated carbocycles. The lowest BCUT2D eigenvalue weighted by Gasteiger charge is -2.39. The van der Waals surface area contributed by atoms with Crippen molar-refractivity contribution in [1.82, 2.24) is 24.9 Å². The van der Waals surface area contributed by atoms with Crippen molar-refractivity contribution >= 4 is 23.3 Å². The zero-order valence-electron chi connectivity index (χ0n) is 16.7. The highest BCUT2D eigenvalue weighted by Gasteiger charge is 2.41. The topological polar surface area (TPSA) is 90.9 Å². The third-order valence-electron chi connectivity index (χ3n) is 6.18. The summed E-state index contributed by atoms with van der Waals surface area (Å²) in [5.74, 6) is 1.06. The fourth-order valence-corrected chi connectivity index (χ4v) is 4.91. The number of carbonyl (C=O) groups is 1. The quantitative estimate of drug-likeness (QED) is 0.630. The van der Waals surface area contributed by atoms with Gasteiger partial charge in [-0.25, -0.2) is 4.98 Å². The molecule has 2 aliphatic heterocycles. The molecule has 0 unspecified atom stereocenters. The van der Waals surface area contributed by atoms with E-state index in [9.17, 15) is 10.1 Å². The zero-order valence-corrected chi connectivity index (χ0v) is 17.5. The van der Waals surface area contributed by atoms with Gasteiger partial charge in [-0.15, -0.1) is 0 Å². The van der Waals surface area contributed by atoms with Gasteiger partial charge in [0, 0.05) is 25.8 Å². The predicted molar refractivity (Wildman–Crippen MR) is 115 cm³/mol. The van der Waals surface area contributed by atoms with E-state index in [0.717, 1.165) is 19.4 Å². The molecule has 9 heteroatoms. The minimum atomic E-state index is -0.0389. The lowest BCUT2D eigenvalue weighted by atomic mass is 9.91. The SMILES string of the molecule is N#Cc1ccnc(N2CC[C@@H]3CCN(C(=O)c4ccccc4-n4nccn4)C[C@@H]32)c1Cl. The summed E-state index contributed by atoms with van der Waals surface area (Å²) in [5.41, 5.74) is 1.65. The zero-order chi connectivity index (χ0) is 21.4. The molecule has 4 heterocycles. The number of hydrogen-bond donors (Lipinski definition) is 0. The molecule has 2 saturated heterocycles. The predicted octanol–water partition coefficient (Wildman–Crippen LogP) is 2.93. The second kappa shape index (κ2) is 8.00. The van der Waals surface area contributed by atoms with Crippen LogP contribution >= 0.6 is 11.6 Å². The number of piperidine rings is 1. The minimum Gasteiger partial charge on any atom is -0.350 e. The van der Waals surface area contributed by atoms with Crippen molar-refractivity contribution in [3.8, 4) is 11.8 Å². The summed E-state index contributed by atoms with van der Waals surface area (Å²) in [6, 6.07) is 11.2. The molecule has 0 N–H and O–H groups in total. The smallest absolute Gasteiger partial charge is 0.256 e. The lowest BCUT2D eigenvalue weighted by Crippen LogP contribution is -2.50. The molecular formula is C22H20ClN7O. The van der Waals surface area contributed by atoms with Gasteiger partial charge in [0.05, 0.1) is 35.2 Å². The molecule has 2 fully saturated rings. The molecule has 8 nitrogen and oxygen atoms in total. The number of likely N-dealkylation sites (tertiary alicyclic amines) is 1. The van der Waals surface area contributed by atoms with Crippen LogP contribution in [0.1, 0.15) is 28.8 Å². The highest BCUT2D eigenvalue weighted by atomic mass is 35.5. The van der Waals surface area contributed by atoms with Crippen molar-refractivity contribution in [2.75, 3.05) is 24.5 Å². The first-order valence-corrected chi connectivity index (χ1v) is 10.6. The number of nitrogens with zero attached hydrogens (tertiary/aromatic N) is 7. The molecule has 0 spiro atoms. The lowest BCUT2D eigenvalue weighted by molar-refractivity contribution is 0.0678. The van der Waals surface area contributed by atoms with E-state index in [1.165, 1.54) is 4.80 Å². The van der Waals surface area contributed by atoms with E-state index in [0.29, 0.717) is 46.7 Å². The van der Waals surface area contributed by atoms with Crippen LogP contribution in [0.5, 0.6) is 0 Å². The van der Waals surface area contributed by atoms with Gasteiger partial charge >= 0.3 is 0 Å². The van der Waals surface area contributed by atoms with Crippen molar-refractivity contribution in [3.63, 3.8) is 0 Å². The van der Waals surface area contributed by atoms with E-state index in [1.807, 2.05) is 29.2 Å². The number of aromatic nitrogens is 4. The molecule has 2 atom stereocenters. The first-order valence-electron chi connectivity index (χ1n) is 10.2. The molecule has 1 aromatic carbocycles. The standard InChI is InChI=1S/C22H20ClN7O/c23-20-16(13-24)5-8-25-21(20)29-12-7-15-6-11-28(14-19(15)29)22(31)17-3-1-2-4-18(17)30-26-9-10-27-30/h1-5,8-10,15,19H,6-7,11-12,14H2/t15-,19-/m0/s1. The number of nitriles is 1. The Bertz CT molecular complexity index is 1160. The van der Waals surface area contributed by atoms with Gasteiger partial charge in [0.1, 0.15) is 16.9 Å². The van der Waals surface area contributed by atoms with E-state index < -0.39 is 0 Å². The molecule has 2 aliphatic rings. The molecule has 31 heavy (non-hydrogen) atoms. The Kier molecular flexibility index (Phi) is 5.04. The Hall–Kier alpha value is -3.44. The summed E-state index contributed by atoms with van der Waals surface area (Å²) in [4.78, 5) is 23.4. The molecule has 0 radical (unpaired) electrons. The van der Waals surface area contributed by atoms with E-state index in [2.05, 4.69) is 26.2 Å². The van der Waals surface area contributed by atoms with Crippen LogP contribution in [0, 0.1) is 17.2 Å². The number of fused-ring (bicyclic) bond motifs is 1. The molecule has 0 bridgehead atoms. The number of carbonyl (C=O) groups excluding carboxylic acids is 1. The molecular weight excluding hydrogens is 414 g/mol. The van der Waals surface area contributed by atoms with Gasteiger partial charge in [-0.1, -0.05) is 23.7 Å². The molecule has 3 aromatic rings. The van der Waals surface area contributed by atoms with Crippen LogP contribution in [-0.2, 0) is 0 Å². The number of halogens is 1. The number of anilines is 1. The van der Waals surface area contributed by atoms with Crippen LogP contribution in [0.4, 0.5) is 5.82 Å². The Labute approximate surface area is 184 Å². The maximum Gasteiger partial charge on any atom is 0.256 e. The van der Waals surface area contributed by atoms with Crippen molar-refractivity contribution in [2.45, 2.75) is 18.9 Å². The number of pyridine rings is 1. The van der Waals surface area contributed by atoms with Crippen LogP contribution in [-0.4, -0.2) is 56.5 Å². The second-order valence-electron chi connectivity index (χ2n) is 7.79. The van der Waals surface area contributed by atoms with Gasteiger partial charge < -0.3 is 9.80 Å². The average molecular weight is 434 g/mol. The molecule has 0 aliphatic carbocycles. The van der Waals surface area contributed by atoms with Gasteiger partial charge in [-0.3, -0.25) is 4.79 Å². The maximum atomic E-state index is 13.5.